The highest BCUT2D eigenvalue weighted by Crippen LogP contribution is 2.23. The molecule has 0 radical (unpaired) electrons. The number of hydrogen-bond acceptors (Lipinski definition) is 4. The lowest BCUT2D eigenvalue weighted by Crippen LogP contribution is -2.28. The predicted molar refractivity (Wildman–Crippen MR) is 67.0 cm³/mol. The molecule has 0 bridgehead atoms. The van der Waals surface area contributed by atoms with E-state index in [2.05, 4.69) is 10.1 Å². The zero-order valence-corrected chi connectivity index (χ0v) is 10.8. The molecule has 0 saturated heterocycles. The number of esters is 1. The van der Waals surface area contributed by atoms with E-state index in [-0.39, 0.29) is 11.6 Å². The first kappa shape index (κ1) is 13.8. The average Bonchev–Trinajstić information content (AvgIpc) is 2.37. The number of hydrogen-bond donors (Lipinski definition) is 1. The van der Waals surface area contributed by atoms with Crippen LogP contribution in [0.1, 0.15) is 10.4 Å². The molecule has 1 aromatic carbocycles. The molecular formula is C12H16N2O4. The molecule has 98 valence electrons. The number of rotatable bonds is 3. The molecule has 0 unspecified atom stereocenters. The van der Waals surface area contributed by atoms with Gasteiger partial charge in [0.1, 0.15) is 5.75 Å². The van der Waals surface area contributed by atoms with E-state index in [0.29, 0.717) is 11.4 Å². The monoisotopic (exact) mass is 252 g/mol. The molecular weight excluding hydrogens is 236 g/mol. The maximum Gasteiger partial charge on any atom is 0.339 e. The van der Waals surface area contributed by atoms with Crippen LogP contribution in [0.15, 0.2) is 18.2 Å². The molecule has 0 aliphatic rings. The molecule has 6 nitrogen and oxygen atoms in total. The predicted octanol–water partition coefficient (Wildman–Crippen LogP) is 1.58. The summed E-state index contributed by atoms with van der Waals surface area (Å²) in [5.41, 5.74) is 0.619. The van der Waals surface area contributed by atoms with Crippen LogP contribution >= 0.6 is 0 Å². The van der Waals surface area contributed by atoms with Crippen LogP contribution < -0.4 is 10.1 Å². The fourth-order valence-corrected chi connectivity index (χ4v) is 1.27. The van der Waals surface area contributed by atoms with E-state index >= 15 is 0 Å². The Labute approximate surface area is 105 Å². The van der Waals surface area contributed by atoms with E-state index in [1.807, 2.05) is 0 Å². The van der Waals surface area contributed by atoms with Crippen LogP contribution in [0.5, 0.6) is 5.75 Å². The van der Waals surface area contributed by atoms with Gasteiger partial charge in [0.15, 0.2) is 0 Å². The number of anilines is 1. The Morgan fingerprint density at radius 2 is 1.89 bits per heavy atom. The topological polar surface area (TPSA) is 67.9 Å². The third kappa shape index (κ3) is 3.13. The van der Waals surface area contributed by atoms with Gasteiger partial charge in [0, 0.05) is 20.2 Å². The first-order valence-electron chi connectivity index (χ1n) is 5.24. The van der Waals surface area contributed by atoms with Crippen LogP contribution in [0.2, 0.25) is 0 Å². The lowest BCUT2D eigenvalue weighted by Gasteiger charge is -2.15. The van der Waals surface area contributed by atoms with Crippen LogP contribution in [-0.2, 0) is 4.74 Å². The third-order valence-corrected chi connectivity index (χ3v) is 2.28. The Morgan fingerprint density at radius 3 is 2.39 bits per heavy atom. The number of carbonyl (C=O) groups is 2. The average molecular weight is 252 g/mol. The van der Waals surface area contributed by atoms with Crippen molar-refractivity contribution in [2.75, 3.05) is 33.6 Å². The smallest absolute Gasteiger partial charge is 0.339 e. The summed E-state index contributed by atoms with van der Waals surface area (Å²) < 4.78 is 9.70. The van der Waals surface area contributed by atoms with Gasteiger partial charge in [-0.1, -0.05) is 0 Å². The van der Waals surface area contributed by atoms with Crippen LogP contribution in [0, 0.1) is 0 Å². The van der Waals surface area contributed by atoms with Gasteiger partial charge in [-0.2, -0.15) is 0 Å². The summed E-state index contributed by atoms with van der Waals surface area (Å²) in [6, 6.07) is 4.38. The molecule has 0 aliphatic carbocycles. The Bertz CT molecular complexity index is 457. The highest BCUT2D eigenvalue weighted by Gasteiger charge is 2.15. The molecule has 0 heterocycles. The molecule has 0 aromatic heterocycles. The summed E-state index contributed by atoms with van der Waals surface area (Å²) in [7, 11) is 6.00. The van der Waals surface area contributed by atoms with Crippen molar-refractivity contribution in [1.29, 1.82) is 0 Å². The van der Waals surface area contributed by atoms with Crippen molar-refractivity contribution in [3.63, 3.8) is 0 Å². The largest absolute Gasteiger partial charge is 0.497 e. The molecule has 0 aliphatic heterocycles. The van der Waals surface area contributed by atoms with E-state index in [4.69, 9.17) is 4.74 Å². The Kier molecular flexibility index (Phi) is 4.53. The third-order valence-electron chi connectivity index (χ3n) is 2.28. The molecule has 2 amide bonds. The summed E-state index contributed by atoms with van der Waals surface area (Å²) in [6.45, 7) is 0. The van der Waals surface area contributed by atoms with Crippen molar-refractivity contribution < 1.29 is 19.1 Å². The zero-order valence-electron chi connectivity index (χ0n) is 10.8. The lowest BCUT2D eigenvalue weighted by molar-refractivity contribution is 0.0602. The Hall–Kier alpha value is -2.24. The van der Waals surface area contributed by atoms with Gasteiger partial charge < -0.3 is 19.7 Å². The fourth-order valence-electron chi connectivity index (χ4n) is 1.27. The number of amides is 2. The van der Waals surface area contributed by atoms with Crippen molar-refractivity contribution in [2.45, 2.75) is 0 Å². The molecule has 1 N–H and O–H groups in total. The van der Waals surface area contributed by atoms with Crippen molar-refractivity contribution in [3.05, 3.63) is 23.8 Å². The first-order chi connectivity index (χ1) is 8.49. The van der Waals surface area contributed by atoms with Gasteiger partial charge in [-0.25, -0.2) is 9.59 Å². The molecule has 1 rings (SSSR count). The number of carbonyl (C=O) groups excluding carboxylic acids is 2. The van der Waals surface area contributed by atoms with Gasteiger partial charge in [0.2, 0.25) is 0 Å². The molecule has 1 aromatic rings. The summed E-state index contributed by atoms with van der Waals surface area (Å²) in [4.78, 5) is 24.5. The van der Waals surface area contributed by atoms with E-state index in [1.54, 1.807) is 26.2 Å². The van der Waals surface area contributed by atoms with Crippen LogP contribution in [0.4, 0.5) is 10.5 Å². The second-order valence-corrected chi connectivity index (χ2v) is 3.73. The molecule has 0 saturated carbocycles. The Balaban J connectivity index is 3.11. The second kappa shape index (κ2) is 5.90. The summed E-state index contributed by atoms with van der Waals surface area (Å²) in [5, 5.41) is 2.61. The highest BCUT2D eigenvalue weighted by atomic mass is 16.5. The van der Waals surface area contributed by atoms with Gasteiger partial charge in [-0.05, 0) is 12.1 Å². The van der Waals surface area contributed by atoms with Gasteiger partial charge in [0.05, 0.1) is 25.5 Å². The van der Waals surface area contributed by atoms with Crippen LogP contribution in [0.25, 0.3) is 0 Å². The minimum atomic E-state index is -0.522. The molecule has 0 atom stereocenters. The van der Waals surface area contributed by atoms with Crippen molar-refractivity contribution in [3.8, 4) is 5.75 Å². The molecule has 18 heavy (non-hydrogen) atoms. The fraction of sp³-hybridized carbons (Fsp3) is 0.333. The zero-order chi connectivity index (χ0) is 13.7. The quantitative estimate of drug-likeness (QED) is 0.829. The molecule has 6 heteroatoms. The number of benzene rings is 1. The lowest BCUT2D eigenvalue weighted by atomic mass is 10.1. The minimum Gasteiger partial charge on any atom is -0.497 e. The summed E-state index contributed by atoms with van der Waals surface area (Å²) >= 11 is 0. The summed E-state index contributed by atoms with van der Waals surface area (Å²) in [5.74, 6) is 0.0171. The number of ether oxygens (including phenoxy) is 2. The van der Waals surface area contributed by atoms with Gasteiger partial charge in [-0.15, -0.1) is 0 Å². The maximum atomic E-state index is 11.6. The van der Waals surface area contributed by atoms with Crippen LogP contribution in [-0.4, -0.2) is 45.2 Å². The van der Waals surface area contributed by atoms with Gasteiger partial charge in [0.25, 0.3) is 0 Å². The van der Waals surface area contributed by atoms with Gasteiger partial charge in [-0.3, -0.25) is 0 Å². The maximum absolute atomic E-state index is 11.6. The van der Waals surface area contributed by atoms with E-state index < -0.39 is 5.97 Å². The van der Waals surface area contributed by atoms with Crippen molar-refractivity contribution in [1.82, 2.24) is 4.90 Å². The van der Waals surface area contributed by atoms with E-state index in [1.165, 1.54) is 25.2 Å². The van der Waals surface area contributed by atoms with E-state index in [9.17, 15) is 9.59 Å². The SMILES string of the molecule is COC(=O)c1ccc(OC)cc1NC(=O)N(C)C. The molecule has 0 spiro atoms. The highest BCUT2D eigenvalue weighted by molar-refractivity contribution is 6.01. The minimum absolute atomic E-state index is 0.272. The standard InChI is InChI=1S/C12H16N2O4/c1-14(2)12(16)13-10-7-8(17-3)5-6-9(10)11(15)18-4/h5-7H,1-4H3,(H,13,16). The number of urea groups is 1. The number of nitrogens with one attached hydrogen (secondary N) is 1. The van der Waals surface area contributed by atoms with Crippen LogP contribution in [0.3, 0.4) is 0 Å². The number of nitrogens with zero attached hydrogens (tertiary/aromatic N) is 1. The first-order valence-corrected chi connectivity index (χ1v) is 5.24. The normalized spacial score (nSPS) is 9.56. The number of methoxy groups -OCH3 is 2. The molecule has 0 fully saturated rings. The van der Waals surface area contributed by atoms with Gasteiger partial charge >= 0.3 is 12.0 Å². The Morgan fingerprint density at radius 1 is 1.22 bits per heavy atom. The van der Waals surface area contributed by atoms with E-state index in [0.717, 1.165) is 0 Å². The van der Waals surface area contributed by atoms with Crippen molar-refractivity contribution >= 4 is 17.7 Å². The summed E-state index contributed by atoms with van der Waals surface area (Å²) in [6.07, 6.45) is 0. The second-order valence-electron chi connectivity index (χ2n) is 3.73. The van der Waals surface area contributed by atoms with Crippen molar-refractivity contribution in [2.24, 2.45) is 0 Å².